The van der Waals surface area contributed by atoms with Crippen molar-refractivity contribution in [2.75, 3.05) is 33.2 Å². The molecule has 4 nitrogen and oxygen atoms in total. The smallest absolute Gasteiger partial charge is 0.236 e. The van der Waals surface area contributed by atoms with Gasteiger partial charge < -0.3 is 16.0 Å². The number of nitrogens with two attached hydrogens (primary N) is 1. The second kappa shape index (κ2) is 7.06. The van der Waals surface area contributed by atoms with Crippen LogP contribution in [0.4, 0.5) is 0 Å². The van der Waals surface area contributed by atoms with Crippen LogP contribution in [0.15, 0.2) is 0 Å². The summed E-state index contributed by atoms with van der Waals surface area (Å²) in [5.74, 6) is 0.134. The number of carbonyl (C=O) groups excluding carboxylic acids is 1. The Bertz CT molecular complexity index is 127. The molecule has 0 heterocycles. The third kappa shape index (κ3) is 5.09. The summed E-state index contributed by atoms with van der Waals surface area (Å²) in [6, 6.07) is 0. The van der Waals surface area contributed by atoms with Crippen molar-refractivity contribution in [2.24, 2.45) is 5.73 Å². The molecule has 0 aliphatic carbocycles. The quantitative estimate of drug-likeness (QED) is 0.527. The molecule has 0 bridgehead atoms. The Morgan fingerprint density at radius 2 is 2.25 bits per heavy atom. The lowest BCUT2D eigenvalue weighted by molar-refractivity contribution is -0.128. The number of hydrogen-bond acceptors (Lipinski definition) is 3. The molecule has 3 N–H and O–H groups in total. The molecule has 0 aliphatic heterocycles. The number of carbonyl (C=O) groups is 1. The normalized spacial score (nSPS) is 9.92. The number of hydrogen-bond donors (Lipinski definition) is 2. The van der Waals surface area contributed by atoms with Crippen LogP contribution in [0.25, 0.3) is 0 Å². The van der Waals surface area contributed by atoms with Crippen LogP contribution in [0.2, 0.25) is 0 Å². The molecule has 0 aromatic rings. The third-order valence-electron chi connectivity index (χ3n) is 1.73. The molecule has 0 saturated carbocycles. The van der Waals surface area contributed by atoms with Crippen molar-refractivity contribution < 1.29 is 4.79 Å². The zero-order chi connectivity index (χ0) is 9.40. The predicted octanol–water partition coefficient (Wildman–Crippen LogP) is -0.597. The van der Waals surface area contributed by atoms with E-state index >= 15 is 0 Å². The van der Waals surface area contributed by atoms with Crippen LogP contribution in [0, 0.1) is 0 Å². The van der Waals surface area contributed by atoms with Gasteiger partial charge in [0.25, 0.3) is 0 Å². The highest BCUT2D eigenvalue weighted by atomic mass is 16.2. The van der Waals surface area contributed by atoms with Gasteiger partial charge in [0.2, 0.25) is 5.91 Å². The molecule has 0 rings (SSSR count). The molecule has 0 aromatic heterocycles. The molecule has 0 spiro atoms. The Balaban J connectivity index is 3.31. The van der Waals surface area contributed by atoms with E-state index in [-0.39, 0.29) is 5.91 Å². The van der Waals surface area contributed by atoms with Gasteiger partial charge in [-0.2, -0.15) is 0 Å². The largest absolute Gasteiger partial charge is 0.345 e. The van der Waals surface area contributed by atoms with Gasteiger partial charge in [-0.15, -0.1) is 0 Å². The Kier molecular flexibility index (Phi) is 6.70. The summed E-state index contributed by atoms with van der Waals surface area (Å²) in [5.41, 5.74) is 5.30. The lowest BCUT2D eigenvalue weighted by Crippen LogP contribution is -2.36. The van der Waals surface area contributed by atoms with Crippen LogP contribution < -0.4 is 11.1 Å². The van der Waals surface area contributed by atoms with Crippen molar-refractivity contribution in [3.63, 3.8) is 0 Å². The van der Waals surface area contributed by atoms with Gasteiger partial charge in [0.05, 0.1) is 6.54 Å². The fourth-order valence-electron chi connectivity index (χ4n) is 0.734. The van der Waals surface area contributed by atoms with Crippen molar-refractivity contribution in [3.05, 3.63) is 0 Å². The minimum Gasteiger partial charge on any atom is -0.345 e. The van der Waals surface area contributed by atoms with Crippen LogP contribution in [0.5, 0.6) is 0 Å². The maximum absolute atomic E-state index is 11.2. The molecule has 1 amide bonds. The zero-order valence-corrected chi connectivity index (χ0v) is 7.97. The number of rotatable bonds is 6. The molecule has 4 heteroatoms. The zero-order valence-electron chi connectivity index (χ0n) is 7.97. The maximum atomic E-state index is 11.2. The van der Waals surface area contributed by atoms with E-state index < -0.39 is 0 Å². The second-order valence-electron chi connectivity index (χ2n) is 2.73. The summed E-state index contributed by atoms with van der Waals surface area (Å²) in [6.45, 7) is 4.63. The lowest BCUT2D eigenvalue weighted by Gasteiger charge is -2.14. The van der Waals surface area contributed by atoms with E-state index in [2.05, 4.69) is 5.32 Å². The molecule has 0 radical (unpaired) electrons. The molecule has 0 aliphatic rings. The molecule has 12 heavy (non-hydrogen) atoms. The third-order valence-corrected chi connectivity index (χ3v) is 1.73. The first-order valence-corrected chi connectivity index (χ1v) is 4.37. The highest BCUT2D eigenvalue weighted by Crippen LogP contribution is 1.81. The number of likely N-dealkylation sites (N-methyl/N-ethyl adjacent to an activating group) is 1. The SMILES string of the molecule is CCN(C)C(=O)CNCCCN. The van der Waals surface area contributed by atoms with Crippen LogP contribution in [-0.4, -0.2) is 44.0 Å². The van der Waals surface area contributed by atoms with Gasteiger partial charge in [-0.1, -0.05) is 0 Å². The van der Waals surface area contributed by atoms with Crippen molar-refractivity contribution in [2.45, 2.75) is 13.3 Å². The van der Waals surface area contributed by atoms with Crippen molar-refractivity contribution >= 4 is 5.91 Å². The van der Waals surface area contributed by atoms with Gasteiger partial charge in [-0.3, -0.25) is 4.79 Å². The molecule has 0 atom stereocenters. The molecule has 0 fully saturated rings. The van der Waals surface area contributed by atoms with Crippen LogP contribution in [-0.2, 0) is 4.79 Å². The molecule has 0 saturated heterocycles. The molecule has 0 unspecified atom stereocenters. The van der Waals surface area contributed by atoms with Crippen LogP contribution in [0.3, 0.4) is 0 Å². The summed E-state index contributed by atoms with van der Waals surface area (Å²) in [4.78, 5) is 12.9. The maximum Gasteiger partial charge on any atom is 0.236 e. The lowest BCUT2D eigenvalue weighted by atomic mass is 10.4. The van der Waals surface area contributed by atoms with E-state index in [0.29, 0.717) is 13.1 Å². The summed E-state index contributed by atoms with van der Waals surface area (Å²) in [7, 11) is 1.80. The van der Waals surface area contributed by atoms with Crippen LogP contribution >= 0.6 is 0 Å². The second-order valence-corrected chi connectivity index (χ2v) is 2.73. The molecule has 72 valence electrons. The first-order valence-electron chi connectivity index (χ1n) is 4.37. The first kappa shape index (κ1) is 11.4. The fourth-order valence-corrected chi connectivity index (χ4v) is 0.734. The van der Waals surface area contributed by atoms with E-state index in [4.69, 9.17) is 5.73 Å². The molecule has 0 aromatic carbocycles. The Hall–Kier alpha value is -0.610. The van der Waals surface area contributed by atoms with E-state index in [9.17, 15) is 4.79 Å². The van der Waals surface area contributed by atoms with Crippen molar-refractivity contribution in [1.29, 1.82) is 0 Å². The van der Waals surface area contributed by atoms with Crippen LogP contribution in [0.1, 0.15) is 13.3 Å². The number of amides is 1. The Morgan fingerprint density at radius 3 is 2.75 bits per heavy atom. The summed E-state index contributed by atoms with van der Waals surface area (Å²) in [5, 5.41) is 3.03. The van der Waals surface area contributed by atoms with E-state index in [0.717, 1.165) is 19.5 Å². The number of nitrogens with zero attached hydrogens (tertiary/aromatic N) is 1. The van der Waals surface area contributed by atoms with Gasteiger partial charge in [0.15, 0.2) is 0 Å². The molecular weight excluding hydrogens is 154 g/mol. The average molecular weight is 173 g/mol. The van der Waals surface area contributed by atoms with Gasteiger partial charge in [0, 0.05) is 13.6 Å². The van der Waals surface area contributed by atoms with E-state index in [1.54, 1.807) is 11.9 Å². The Morgan fingerprint density at radius 1 is 1.58 bits per heavy atom. The Labute approximate surface area is 74.1 Å². The predicted molar refractivity (Wildman–Crippen MR) is 49.9 cm³/mol. The molecular formula is C8H19N3O. The van der Waals surface area contributed by atoms with Crippen molar-refractivity contribution in [3.8, 4) is 0 Å². The van der Waals surface area contributed by atoms with Gasteiger partial charge in [0.1, 0.15) is 0 Å². The minimum absolute atomic E-state index is 0.134. The summed E-state index contributed by atoms with van der Waals surface area (Å²) < 4.78 is 0. The van der Waals surface area contributed by atoms with E-state index in [1.165, 1.54) is 0 Å². The van der Waals surface area contributed by atoms with Gasteiger partial charge in [-0.25, -0.2) is 0 Å². The average Bonchev–Trinajstić information content (AvgIpc) is 2.10. The standard InChI is InChI=1S/C8H19N3O/c1-3-11(2)8(12)7-10-6-4-5-9/h10H,3-7,9H2,1-2H3. The highest BCUT2D eigenvalue weighted by molar-refractivity contribution is 5.77. The summed E-state index contributed by atoms with van der Waals surface area (Å²) in [6.07, 6.45) is 0.920. The summed E-state index contributed by atoms with van der Waals surface area (Å²) >= 11 is 0. The topological polar surface area (TPSA) is 58.4 Å². The van der Waals surface area contributed by atoms with Crippen molar-refractivity contribution in [1.82, 2.24) is 10.2 Å². The number of nitrogens with one attached hydrogen (secondary N) is 1. The minimum atomic E-state index is 0.134. The van der Waals surface area contributed by atoms with Gasteiger partial charge >= 0.3 is 0 Å². The monoisotopic (exact) mass is 173 g/mol. The van der Waals surface area contributed by atoms with Gasteiger partial charge in [-0.05, 0) is 26.4 Å². The highest BCUT2D eigenvalue weighted by Gasteiger charge is 2.03. The van der Waals surface area contributed by atoms with E-state index in [1.807, 2.05) is 6.92 Å². The fraction of sp³-hybridized carbons (Fsp3) is 0.875. The first-order chi connectivity index (χ1) is 5.72.